The van der Waals surface area contributed by atoms with Crippen molar-refractivity contribution in [3.05, 3.63) is 59.7 Å². The number of nitrogens with zero attached hydrogens (tertiary/aromatic N) is 1. The number of fused-ring (bicyclic) bond motifs is 1. The first-order valence-corrected chi connectivity index (χ1v) is 13.6. The van der Waals surface area contributed by atoms with E-state index in [1.165, 1.54) is 48.9 Å². The van der Waals surface area contributed by atoms with E-state index in [1.807, 2.05) is 24.3 Å². The van der Waals surface area contributed by atoms with Crippen LogP contribution in [-0.4, -0.2) is 27.0 Å². The van der Waals surface area contributed by atoms with Gasteiger partial charge in [-0.05, 0) is 80.2 Å². The van der Waals surface area contributed by atoms with Crippen LogP contribution in [0.15, 0.2) is 53.4 Å². The van der Waals surface area contributed by atoms with Crippen molar-refractivity contribution in [3.63, 3.8) is 0 Å². The highest BCUT2D eigenvalue weighted by Gasteiger charge is 2.32. The zero-order chi connectivity index (χ0) is 21.3. The van der Waals surface area contributed by atoms with E-state index in [2.05, 4.69) is 33.9 Å². The highest BCUT2D eigenvalue weighted by atomic mass is 32.2. The van der Waals surface area contributed by atoms with Crippen molar-refractivity contribution in [1.29, 1.82) is 0 Å². The number of nitrogens with one attached hydrogen (secondary N) is 1. The molecule has 2 aromatic rings. The van der Waals surface area contributed by atoms with E-state index >= 15 is 0 Å². The first-order chi connectivity index (χ1) is 15.1. The Bertz CT molecular complexity index is 996. The maximum absolute atomic E-state index is 13.1. The highest BCUT2D eigenvalue weighted by molar-refractivity contribution is 7.89. The minimum Gasteiger partial charge on any atom is -0.368 e. The van der Waals surface area contributed by atoms with Crippen molar-refractivity contribution in [2.75, 3.05) is 11.4 Å². The van der Waals surface area contributed by atoms with Gasteiger partial charge in [0.2, 0.25) is 10.0 Å². The zero-order valence-corrected chi connectivity index (χ0v) is 19.1. The van der Waals surface area contributed by atoms with E-state index in [1.54, 1.807) is 0 Å². The van der Waals surface area contributed by atoms with Gasteiger partial charge in [0.05, 0.1) is 4.90 Å². The predicted molar refractivity (Wildman–Crippen MR) is 126 cm³/mol. The average molecular weight is 439 g/mol. The van der Waals surface area contributed by atoms with E-state index in [0.717, 1.165) is 38.6 Å². The Kier molecular flexibility index (Phi) is 6.07. The molecule has 0 amide bonds. The summed E-state index contributed by atoms with van der Waals surface area (Å²) >= 11 is 0. The molecular formula is C26H34N2O2S. The highest BCUT2D eigenvalue weighted by Crippen LogP contribution is 2.35. The van der Waals surface area contributed by atoms with Crippen LogP contribution in [0.5, 0.6) is 0 Å². The third kappa shape index (κ3) is 4.54. The van der Waals surface area contributed by atoms with Gasteiger partial charge in [-0.15, -0.1) is 0 Å². The molecule has 3 aliphatic rings. The third-order valence-corrected chi connectivity index (χ3v) is 9.14. The summed E-state index contributed by atoms with van der Waals surface area (Å²) in [7, 11) is -3.48. The summed E-state index contributed by atoms with van der Waals surface area (Å²) in [4.78, 5) is 2.91. The third-order valence-electron chi connectivity index (χ3n) is 7.60. The molecule has 4 nitrogen and oxygen atoms in total. The lowest BCUT2D eigenvalue weighted by atomic mass is 9.84. The molecule has 5 heteroatoms. The zero-order valence-electron chi connectivity index (χ0n) is 18.3. The molecule has 2 saturated carbocycles. The number of sulfonamides is 1. The van der Waals surface area contributed by atoms with Gasteiger partial charge in [-0.3, -0.25) is 0 Å². The number of rotatable bonds is 5. The Hall–Kier alpha value is -1.85. The quantitative estimate of drug-likeness (QED) is 0.681. The van der Waals surface area contributed by atoms with Crippen molar-refractivity contribution in [2.45, 2.75) is 87.1 Å². The van der Waals surface area contributed by atoms with Crippen molar-refractivity contribution < 1.29 is 8.42 Å². The first kappa shape index (κ1) is 21.0. The van der Waals surface area contributed by atoms with Crippen LogP contribution in [0.3, 0.4) is 0 Å². The minimum atomic E-state index is -3.48. The Balaban J connectivity index is 1.25. The summed E-state index contributed by atoms with van der Waals surface area (Å²) < 4.78 is 29.2. The van der Waals surface area contributed by atoms with Gasteiger partial charge < -0.3 is 4.90 Å². The molecule has 166 valence electrons. The molecule has 2 atom stereocenters. The van der Waals surface area contributed by atoms with Gasteiger partial charge in [0, 0.05) is 24.3 Å². The maximum Gasteiger partial charge on any atom is 0.240 e. The molecule has 1 aliphatic heterocycles. The molecular weight excluding hydrogens is 404 g/mol. The van der Waals surface area contributed by atoms with Gasteiger partial charge in [-0.1, -0.05) is 49.6 Å². The summed E-state index contributed by atoms with van der Waals surface area (Å²) in [5.41, 5.74) is 4.06. The SMILES string of the molecule is O=S(=O)(NC1CCCC(N2CCc3ccccc32)C1)c1ccc(C2CCCCC2)cc1. The molecule has 2 aliphatic carbocycles. The smallest absolute Gasteiger partial charge is 0.240 e. The van der Waals surface area contributed by atoms with Gasteiger partial charge in [-0.2, -0.15) is 0 Å². The normalized spacial score (nSPS) is 24.8. The summed E-state index contributed by atoms with van der Waals surface area (Å²) in [6, 6.07) is 16.8. The summed E-state index contributed by atoms with van der Waals surface area (Å²) in [6.07, 6.45) is 11.5. The Morgan fingerprint density at radius 1 is 0.839 bits per heavy atom. The molecule has 0 spiro atoms. The van der Waals surface area contributed by atoms with Crippen LogP contribution in [0.1, 0.15) is 74.8 Å². The second-order valence-corrected chi connectivity index (χ2v) is 11.3. The number of hydrogen-bond donors (Lipinski definition) is 1. The van der Waals surface area contributed by atoms with Crippen LogP contribution in [-0.2, 0) is 16.4 Å². The van der Waals surface area contributed by atoms with E-state index in [9.17, 15) is 8.42 Å². The maximum atomic E-state index is 13.1. The fourth-order valence-electron chi connectivity index (χ4n) is 5.94. The summed E-state index contributed by atoms with van der Waals surface area (Å²) in [5.74, 6) is 0.598. The fourth-order valence-corrected chi connectivity index (χ4v) is 7.22. The van der Waals surface area contributed by atoms with E-state index in [0.29, 0.717) is 16.9 Å². The number of para-hydroxylation sites is 1. The minimum absolute atomic E-state index is 0.00883. The van der Waals surface area contributed by atoms with Crippen LogP contribution < -0.4 is 9.62 Å². The van der Waals surface area contributed by atoms with E-state index in [-0.39, 0.29) is 6.04 Å². The molecule has 1 heterocycles. The van der Waals surface area contributed by atoms with Crippen molar-refractivity contribution >= 4 is 15.7 Å². The van der Waals surface area contributed by atoms with Crippen molar-refractivity contribution in [1.82, 2.24) is 4.72 Å². The Morgan fingerprint density at radius 3 is 2.42 bits per heavy atom. The van der Waals surface area contributed by atoms with Crippen molar-refractivity contribution in [2.24, 2.45) is 0 Å². The number of hydrogen-bond acceptors (Lipinski definition) is 3. The van der Waals surface area contributed by atoms with Crippen LogP contribution in [0.25, 0.3) is 0 Å². The molecule has 0 aromatic heterocycles. The van der Waals surface area contributed by atoms with E-state index in [4.69, 9.17) is 0 Å². The topological polar surface area (TPSA) is 49.4 Å². The van der Waals surface area contributed by atoms with Crippen LogP contribution in [0.2, 0.25) is 0 Å². The molecule has 5 rings (SSSR count). The second kappa shape index (κ2) is 8.95. The molecule has 2 unspecified atom stereocenters. The molecule has 2 fully saturated rings. The average Bonchev–Trinajstić information content (AvgIpc) is 3.24. The molecule has 31 heavy (non-hydrogen) atoms. The molecule has 0 radical (unpaired) electrons. The second-order valence-electron chi connectivity index (χ2n) is 9.61. The van der Waals surface area contributed by atoms with Crippen molar-refractivity contribution in [3.8, 4) is 0 Å². The Morgan fingerprint density at radius 2 is 1.61 bits per heavy atom. The van der Waals surface area contributed by atoms with Gasteiger partial charge in [0.15, 0.2) is 0 Å². The monoisotopic (exact) mass is 438 g/mol. The first-order valence-electron chi connectivity index (χ1n) is 12.1. The molecule has 0 saturated heterocycles. The largest absolute Gasteiger partial charge is 0.368 e. The number of anilines is 1. The van der Waals surface area contributed by atoms with Crippen LogP contribution >= 0.6 is 0 Å². The lowest BCUT2D eigenvalue weighted by Gasteiger charge is -2.37. The molecule has 2 aromatic carbocycles. The standard InChI is InChI=1S/C26H34N2O2S/c29-31(30,25-15-13-21(14-16-25)20-7-2-1-3-8-20)27-23-10-6-11-24(19-23)28-18-17-22-9-4-5-12-26(22)28/h4-5,9,12-16,20,23-24,27H,1-3,6-8,10-11,17-19H2. The van der Waals surface area contributed by atoms with Gasteiger partial charge in [-0.25, -0.2) is 13.1 Å². The van der Waals surface area contributed by atoms with E-state index < -0.39 is 10.0 Å². The van der Waals surface area contributed by atoms with Gasteiger partial charge in [0.25, 0.3) is 0 Å². The van der Waals surface area contributed by atoms with Gasteiger partial charge >= 0.3 is 0 Å². The molecule has 1 N–H and O–H groups in total. The molecule has 0 bridgehead atoms. The van der Waals surface area contributed by atoms with Crippen LogP contribution in [0, 0.1) is 0 Å². The van der Waals surface area contributed by atoms with Crippen LogP contribution in [0.4, 0.5) is 5.69 Å². The Labute approximate surface area is 187 Å². The number of benzene rings is 2. The lowest BCUT2D eigenvalue weighted by Crippen LogP contribution is -2.45. The summed E-state index contributed by atoms with van der Waals surface area (Å²) in [5, 5.41) is 0. The van der Waals surface area contributed by atoms with Gasteiger partial charge in [0.1, 0.15) is 0 Å². The fraction of sp³-hybridized carbons (Fsp3) is 0.538. The summed E-state index contributed by atoms with van der Waals surface area (Å²) in [6.45, 7) is 1.05. The predicted octanol–water partition coefficient (Wildman–Crippen LogP) is 5.39. The lowest BCUT2D eigenvalue weighted by molar-refractivity contribution is 0.358.